The predicted octanol–water partition coefficient (Wildman–Crippen LogP) is 1.34. The van der Waals surface area contributed by atoms with E-state index in [0.717, 1.165) is 6.42 Å². The van der Waals surface area contributed by atoms with Crippen molar-refractivity contribution in [1.29, 1.82) is 0 Å². The molecule has 1 heterocycles. The van der Waals surface area contributed by atoms with Crippen LogP contribution in [0.5, 0.6) is 0 Å². The Balaban J connectivity index is 1.92. The molecule has 0 fully saturated rings. The van der Waals surface area contributed by atoms with Gasteiger partial charge in [-0.3, -0.25) is 14.6 Å². The monoisotopic (exact) mass is 343 g/mol. The van der Waals surface area contributed by atoms with E-state index in [0.29, 0.717) is 28.7 Å². The van der Waals surface area contributed by atoms with Crippen molar-refractivity contribution in [2.45, 2.75) is 20.3 Å². The second kappa shape index (κ2) is 8.77. The number of para-hydroxylation sites is 1. The molecule has 25 heavy (non-hydrogen) atoms. The zero-order chi connectivity index (χ0) is 18.2. The van der Waals surface area contributed by atoms with Crippen molar-refractivity contribution in [3.63, 3.8) is 0 Å². The van der Waals surface area contributed by atoms with E-state index in [4.69, 9.17) is 4.74 Å². The summed E-state index contributed by atoms with van der Waals surface area (Å²) in [6.07, 6.45) is 0.816. The quantitative estimate of drug-likeness (QED) is 0.740. The van der Waals surface area contributed by atoms with Crippen LogP contribution in [-0.2, 0) is 14.3 Å². The lowest BCUT2D eigenvalue weighted by Crippen LogP contribution is -2.38. The number of fused-ring (bicyclic) bond motifs is 1. The lowest BCUT2D eigenvalue weighted by Gasteiger charge is -2.09. The average Bonchev–Trinajstić information content (AvgIpc) is 2.61. The molecule has 132 valence electrons. The zero-order valence-electron chi connectivity index (χ0n) is 14.3. The van der Waals surface area contributed by atoms with Crippen molar-refractivity contribution in [2.24, 2.45) is 0 Å². The van der Waals surface area contributed by atoms with E-state index < -0.39 is 18.5 Å². The summed E-state index contributed by atoms with van der Waals surface area (Å²) in [4.78, 5) is 39.8. The maximum atomic E-state index is 12.3. The molecule has 1 aromatic carbocycles. The van der Waals surface area contributed by atoms with Crippen molar-refractivity contribution in [3.8, 4) is 0 Å². The first-order chi connectivity index (χ1) is 12.0. The number of rotatable bonds is 7. The second-order valence-electron chi connectivity index (χ2n) is 5.53. The number of benzene rings is 1. The van der Waals surface area contributed by atoms with Gasteiger partial charge < -0.3 is 15.4 Å². The van der Waals surface area contributed by atoms with Crippen molar-refractivity contribution in [3.05, 3.63) is 41.6 Å². The Bertz CT molecular complexity index is 789. The van der Waals surface area contributed by atoms with E-state index in [-0.39, 0.29) is 12.5 Å². The van der Waals surface area contributed by atoms with Crippen LogP contribution in [0.3, 0.4) is 0 Å². The molecule has 7 nitrogen and oxygen atoms in total. The number of nitrogens with one attached hydrogen (secondary N) is 2. The van der Waals surface area contributed by atoms with Gasteiger partial charge in [0.05, 0.1) is 17.6 Å². The number of amides is 2. The molecule has 0 unspecified atom stereocenters. The van der Waals surface area contributed by atoms with Crippen molar-refractivity contribution >= 4 is 28.7 Å². The largest absolute Gasteiger partial charge is 0.452 e. The molecule has 2 N–H and O–H groups in total. The standard InChI is InChI=1S/C18H21N3O4/c1-3-8-19-16(22)10-20-17(23)11-25-18(24)14-9-12(2)21-15-7-5-4-6-13(14)15/h4-7,9H,3,8,10-11H2,1-2H3,(H,19,22)(H,20,23). The molecule has 0 atom stereocenters. The van der Waals surface area contributed by atoms with Gasteiger partial charge in [-0.05, 0) is 25.5 Å². The number of carbonyl (C=O) groups excluding carboxylic acids is 3. The first kappa shape index (κ1) is 18.4. The molecule has 2 rings (SSSR count). The van der Waals surface area contributed by atoms with Gasteiger partial charge >= 0.3 is 5.97 Å². The molecule has 0 radical (unpaired) electrons. The third kappa shape index (κ3) is 5.27. The number of carbonyl (C=O) groups is 3. The van der Waals surface area contributed by atoms with Crippen molar-refractivity contribution in [1.82, 2.24) is 15.6 Å². The molecule has 0 aliphatic heterocycles. The number of nitrogens with zero attached hydrogens (tertiary/aromatic N) is 1. The van der Waals surface area contributed by atoms with Gasteiger partial charge in [0.1, 0.15) is 0 Å². The highest BCUT2D eigenvalue weighted by Gasteiger charge is 2.15. The molecule has 0 bridgehead atoms. The SMILES string of the molecule is CCCNC(=O)CNC(=O)COC(=O)c1cc(C)nc2ccccc12. The number of esters is 1. The van der Waals surface area contributed by atoms with E-state index in [9.17, 15) is 14.4 Å². The van der Waals surface area contributed by atoms with Crippen molar-refractivity contribution in [2.75, 3.05) is 19.7 Å². The highest BCUT2D eigenvalue weighted by Crippen LogP contribution is 2.18. The molecule has 1 aromatic heterocycles. The summed E-state index contributed by atoms with van der Waals surface area (Å²) < 4.78 is 5.06. The van der Waals surface area contributed by atoms with E-state index in [2.05, 4.69) is 15.6 Å². The van der Waals surface area contributed by atoms with Crippen LogP contribution >= 0.6 is 0 Å². The number of hydrogen-bond acceptors (Lipinski definition) is 5. The van der Waals surface area contributed by atoms with Gasteiger partial charge in [-0.2, -0.15) is 0 Å². The van der Waals surface area contributed by atoms with Crippen LogP contribution in [0.25, 0.3) is 10.9 Å². The summed E-state index contributed by atoms with van der Waals surface area (Å²) in [6, 6.07) is 8.84. The lowest BCUT2D eigenvalue weighted by molar-refractivity contribution is -0.127. The first-order valence-corrected chi connectivity index (χ1v) is 8.08. The highest BCUT2D eigenvalue weighted by atomic mass is 16.5. The van der Waals surface area contributed by atoms with Crippen molar-refractivity contribution < 1.29 is 19.1 Å². The molecule has 0 saturated carbocycles. The summed E-state index contributed by atoms with van der Waals surface area (Å²) in [5, 5.41) is 5.71. The molecule has 2 aromatic rings. The second-order valence-corrected chi connectivity index (χ2v) is 5.53. The molecule has 0 spiro atoms. The summed E-state index contributed by atoms with van der Waals surface area (Å²) in [5.41, 5.74) is 1.73. The molecule has 0 saturated heterocycles. The minimum Gasteiger partial charge on any atom is -0.452 e. The van der Waals surface area contributed by atoms with Gasteiger partial charge in [-0.25, -0.2) is 4.79 Å². The van der Waals surface area contributed by atoms with E-state index >= 15 is 0 Å². The van der Waals surface area contributed by atoms with E-state index in [1.54, 1.807) is 31.2 Å². The van der Waals surface area contributed by atoms with E-state index in [1.807, 2.05) is 13.0 Å². The van der Waals surface area contributed by atoms with Crippen LogP contribution in [0, 0.1) is 6.92 Å². The fraction of sp³-hybridized carbons (Fsp3) is 0.333. The lowest BCUT2D eigenvalue weighted by atomic mass is 10.1. The number of pyridine rings is 1. The summed E-state index contributed by atoms with van der Waals surface area (Å²) in [7, 11) is 0. The third-order valence-corrected chi connectivity index (χ3v) is 3.42. The Hall–Kier alpha value is -2.96. The van der Waals surface area contributed by atoms with Gasteiger partial charge in [0.15, 0.2) is 6.61 Å². The van der Waals surface area contributed by atoms with Gasteiger partial charge in [0.2, 0.25) is 5.91 Å². The van der Waals surface area contributed by atoms with Gasteiger partial charge in [-0.15, -0.1) is 0 Å². The maximum absolute atomic E-state index is 12.3. The predicted molar refractivity (Wildman–Crippen MR) is 93.1 cm³/mol. The molecular weight excluding hydrogens is 322 g/mol. The first-order valence-electron chi connectivity index (χ1n) is 8.08. The van der Waals surface area contributed by atoms with Gasteiger partial charge in [0, 0.05) is 17.6 Å². The van der Waals surface area contributed by atoms with Crippen LogP contribution in [-0.4, -0.2) is 42.5 Å². The minimum atomic E-state index is -0.604. The zero-order valence-corrected chi connectivity index (χ0v) is 14.3. The van der Waals surface area contributed by atoms with Gasteiger partial charge in [0.25, 0.3) is 5.91 Å². The number of aryl methyl sites for hydroxylation is 1. The average molecular weight is 343 g/mol. The smallest absolute Gasteiger partial charge is 0.339 e. The molecular formula is C18H21N3O4. The Morgan fingerprint density at radius 2 is 1.88 bits per heavy atom. The summed E-state index contributed by atoms with van der Waals surface area (Å²) in [5.74, 6) is -1.42. The molecule has 0 aliphatic rings. The fourth-order valence-corrected chi connectivity index (χ4v) is 2.24. The van der Waals surface area contributed by atoms with Crippen LogP contribution in [0.2, 0.25) is 0 Å². The summed E-state index contributed by atoms with van der Waals surface area (Å²) in [6.45, 7) is 3.68. The molecule has 2 amide bonds. The van der Waals surface area contributed by atoms with E-state index in [1.165, 1.54) is 0 Å². The van der Waals surface area contributed by atoms with Crippen LogP contribution < -0.4 is 10.6 Å². The number of ether oxygens (including phenoxy) is 1. The van der Waals surface area contributed by atoms with Crippen LogP contribution in [0.1, 0.15) is 29.4 Å². The number of hydrogen-bond donors (Lipinski definition) is 2. The molecule has 0 aliphatic carbocycles. The highest BCUT2D eigenvalue weighted by molar-refractivity contribution is 6.04. The van der Waals surface area contributed by atoms with Crippen LogP contribution in [0.4, 0.5) is 0 Å². The minimum absolute atomic E-state index is 0.145. The third-order valence-electron chi connectivity index (χ3n) is 3.42. The van der Waals surface area contributed by atoms with Gasteiger partial charge in [-0.1, -0.05) is 25.1 Å². The normalized spacial score (nSPS) is 10.3. The Kier molecular flexibility index (Phi) is 6.45. The molecule has 7 heteroatoms. The maximum Gasteiger partial charge on any atom is 0.339 e. The fourth-order valence-electron chi connectivity index (χ4n) is 2.24. The van der Waals surface area contributed by atoms with Crippen LogP contribution in [0.15, 0.2) is 30.3 Å². The topological polar surface area (TPSA) is 97.4 Å². The Morgan fingerprint density at radius 1 is 1.12 bits per heavy atom. The summed E-state index contributed by atoms with van der Waals surface area (Å²) >= 11 is 0. The Labute approximate surface area is 145 Å². The Morgan fingerprint density at radius 3 is 2.64 bits per heavy atom. The number of aromatic nitrogens is 1.